The summed E-state index contributed by atoms with van der Waals surface area (Å²) in [6.07, 6.45) is 5.37. The summed E-state index contributed by atoms with van der Waals surface area (Å²) in [6, 6.07) is 5.38. The molecule has 0 amide bonds. The maximum Gasteiger partial charge on any atom is 0.253 e. The minimum Gasteiger partial charge on any atom is -0.493 e. The molecule has 0 bridgehead atoms. The lowest BCUT2D eigenvalue weighted by atomic mass is 9.99. The van der Waals surface area contributed by atoms with E-state index in [0.717, 1.165) is 31.1 Å². The van der Waals surface area contributed by atoms with Gasteiger partial charge < -0.3 is 19.6 Å². The van der Waals surface area contributed by atoms with Gasteiger partial charge in [0.05, 0.1) is 31.9 Å². The lowest BCUT2D eigenvalue weighted by molar-refractivity contribution is 0.0654. The average molecular weight is 455 g/mol. The van der Waals surface area contributed by atoms with Crippen molar-refractivity contribution in [3.8, 4) is 11.5 Å². The highest BCUT2D eigenvalue weighted by molar-refractivity contribution is 5.83. The van der Waals surface area contributed by atoms with E-state index in [0.29, 0.717) is 54.3 Å². The number of methoxy groups -OCH3 is 2. The molecule has 10 nitrogen and oxygen atoms in total. The summed E-state index contributed by atoms with van der Waals surface area (Å²) in [7, 11) is 3.16. The molecule has 10 heteroatoms. The number of nitrogens with zero attached hydrogens (tertiary/aromatic N) is 5. The Balaban J connectivity index is 1.64. The Morgan fingerprint density at radius 2 is 1.76 bits per heavy atom. The number of aromatic amines is 1. The Bertz CT molecular complexity index is 1180. The smallest absolute Gasteiger partial charge is 0.253 e. The van der Waals surface area contributed by atoms with Crippen LogP contribution in [-0.2, 0) is 0 Å². The van der Waals surface area contributed by atoms with Crippen molar-refractivity contribution >= 4 is 10.9 Å². The maximum absolute atomic E-state index is 13.4. The van der Waals surface area contributed by atoms with Gasteiger partial charge in [-0.15, -0.1) is 5.10 Å². The first-order valence-electron chi connectivity index (χ1n) is 11.6. The third-order valence-electron chi connectivity index (χ3n) is 6.97. The van der Waals surface area contributed by atoms with Gasteiger partial charge in [-0.3, -0.25) is 9.69 Å². The molecule has 1 atom stereocenters. The Kier molecular flexibility index (Phi) is 6.03. The molecule has 0 radical (unpaired) electrons. The van der Waals surface area contributed by atoms with Crippen LogP contribution in [0.4, 0.5) is 0 Å². The van der Waals surface area contributed by atoms with Crippen molar-refractivity contribution in [1.82, 2.24) is 30.1 Å². The number of rotatable bonds is 6. The van der Waals surface area contributed by atoms with Crippen LogP contribution in [-0.4, -0.2) is 68.6 Å². The standard InChI is InChI=1S/C23H30N6O4/c1-32-19-12-14-11-17(23(31)24-18(14)13-20(19)33-2)21(28-9-7-16(30)8-10-28)22-25-26-27-29(22)15-5-3-4-6-15/h11-13,15-16,21,30H,3-10H2,1-2H3,(H,24,31). The number of nitrogens with one attached hydrogen (secondary N) is 1. The molecule has 2 fully saturated rings. The number of benzene rings is 1. The summed E-state index contributed by atoms with van der Waals surface area (Å²) in [6.45, 7) is 1.32. The minimum atomic E-state index is -0.408. The predicted molar refractivity (Wildman–Crippen MR) is 122 cm³/mol. The van der Waals surface area contributed by atoms with Gasteiger partial charge in [0.25, 0.3) is 5.56 Å². The Morgan fingerprint density at radius 1 is 1.06 bits per heavy atom. The van der Waals surface area contributed by atoms with Crippen LogP contribution in [0.3, 0.4) is 0 Å². The molecule has 0 spiro atoms. The van der Waals surface area contributed by atoms with E-state index in [-0.39, 0.29) is 17.7 Å². The van der Waals surface area contributed by atoms with Gasteiger partial charge in [-0.25, -0.2) is 4.68 Å². The van der Waals surface area contributed by atoms with E-state index < -0.39 is 6.04 Å². The van der Waals surface area contributed by atoms with Crippen LogP contribution in [0.2, 0.25) is 0 Å². The zero-order valence-corrected chi connectivity index (χ0v) is 19.0. The van der Waals surface area contributed by atoms with Crippen molar-refractivity contribution in [1.29, 1.82) is 0 Å². The van der Waals surface area contributed by atoms with Crippen LogP contribution < -0.4 is 15.0 Å². The van der Waals surface area contributed by atoms with Crippen molar-refractivity contribution in [2.45, 2.75) is 56.7 Å². The van der Waals surface area contributed by atoms with Gasteiger partial charge in [0.15, 0.2) is 17.3 Å². The van der Waals surface area contributed by atoms with Crippen LogP contribution in [0.15, 0.2) is 23.0 Å². The van der Waals surface area contributed by atoms with Gasteiger partial charge >= 0.3 is 0 Å². The Labute approximate surface area is 191 Å². The van der Waals surface area contributed by atoms with Gasteiger partial charge in [-0.2, -0.15) is 0 Å². The summed E-state index contributed by atoms with van der Waals surface area (Å²) in [5, 5.41) is 23.7. The van der Waals surface area contributed by atoms with Gasteiger partial charge in [-0.1, -0.05) is 12.8 Å². The third kappa shape index (κ3) is 4.08. The molecule has 1 aliphatic heterocycles. The SMILES string of the molecule is COc1cc2cc(C(c3nnnn3C3CCCC3)N3CCC(O)CC3)c(=O)[nH]c2cc1OC. The molecular weight excluding hydrogens is 424 g/mol. The highest BCUT2D eigenvalue weighted by Crippen LogP contribution is 2.36. The monoisotopic (exact) mass is 454 g/mol. The molecule has 2 N–H and O–H groups in total. The van der Waals surface area contributed by atoms with Gasteiger partial charge in [0, 0.05) is 30.1 Å². The van der Waals surface area contributed by atoms with E-state index in [2.05, 4.69) is 25.4 Å². The van der Waals surface area contributed by atoms with Crippen molar-refractivity contribution in [3.05, 3.63) is 39.9 Å². The fraction of sp³-hybridized carbons (Fsp3) is 0.565. The number of fused-ring (bicyclic) bond motifs is 1. The largest absolute Gasteiger partial charge is 0.493 e. The molecule has 1 saturated carbocycles. The van der Waals surface area contributed by atoms with Crippen molar-refractivity contribution < 1.29 is 14.6 Å². The maximum atomic E-state index is 13.4. The Morgan fingerprint density at radius 3 is 2.45 bits per heavy atom. The molecule has 2 aliphatic rings. The fourth-order valence-electron chi connectivity index (χ4n) is 5.19. The van der Waals surface area contributed by atoms with Crippen molar-refractivity contribution in [2.24, 2.45) is 0 Å². The number of tetrazole rings is 1. The lowest BCUT2D eigenvalue weighted by Crippen LogP contribution is -2.42. The van der Waals surface area contributed by atoms with E-state index >= 15 is 0 Å². The van der Waals surface area contributed by atoms with E-state index in [1.807, 2.05) is 16.8 Å². The van der Waals surface area contributed by atoms with E-state index in [1.165, 1.54) is 0 Å². The fourth-order valence-corrected chi connectivity index (χ4v) is 5.19. The first-order valence-corrected chi connectivity index (χ1v) is 11.6. The summed E-state index contributed by atoms with van der Waals surface area (Å²) in [4.78, 5) is 18.6. The lowest BCUT2D eigenvalue weighted by Gasteiger charge is -2.35. The van der Waals surface area contributed by atoms with Crippen LogP contribution in [0.25, 0.3) is 10.9 Å². The number of aromatic nitrogens is 5. The topological polar surface area (TPSA) is 118 Å². The molecule has 1 unspecified atom stereocenters. The number of aliphatic hydroxyl groups excluding tert-OH is 1. The minimum absolute atomic E-state index is 0.188. The summed E-state index contributed by atoms with van der Waals surface area (Å²) < 4.78 is 12.8. The molecule has 1 aliphatic carbocycles. The van der Waals surface area contributed by atoms with Crippen molar-refractivity contribution in [2.75, 3.05) is 27.3 Å². The Hall–Kier alpha value is -2.98. The summed E-state index contributed by atoms with van der Waals surface area (Å²) in [5.74, 6) is 1.83. The first-order chi connectivity index (χ1) is 16.1. The summed E-state index contributed by atoms with van der Waals surface area (Å²) >= 11 is 0. The second-order valence-corrected chi connectivity index (χ2v) is 8.94. The number of hydrogen-bond donors (Lipinski definition) is 2. The third-order valence-corrected chi connectivity index (χ3v) is 6.97. The number of piperidine rings is 1. The molecule has 176 valence electrons. The predicted octanol–water partition coefficient (Wildman–Crippen LogP) is 2.19. The number of ether oxygens (including phenoxy) is 2. The molecule has 33 heavy (non-hydrogen) atoms. The molecule has 3 aromatic rings. The quantitative estimate of drug-likeness (QED) is 0.582. The second-order valence-electron chi connectivity index (χ2n) is 8.94. The normalized spacial score (nSPS) is 19.2. The molecule has 3 heterocycles. The first kappa shape index (κ1) is 21.8. The molecule has 2 aromatic heterocycles. The van der Waals surface area contributed by atoms with Gasteiger partial charge in [-0.05, 0) is 48.2 Å². The van der Waals surface area contributed by atoms with E-state index in [4.69, 9.17) is 9.47 Å². The zero-order chi connectivity index (χ0) is 22.9. The number of pyridine rings is 1. The molecule has 5 rings (SSSR count). The molecule has 1 saturated heterocycles. The van der Waals surface area contributed by atoms with E-state index in [1.54, 1.807) is 20.3 Å². The van der Waals surface area contributed by atoms with E-state index in [9.17, 15) is 9.90 Å². The molecule has 1 aromatic carbocycles. The zero-order valence-electron chi connectivity index (χ0n) is 19.0. The second kappa shape index (κ2) is 9.11. The van der Waals surface area contributed by atoms with Crippen LogP contribution >= 0.6 is 0 Å². The van der Waals surface area contributed by atoms with Crippen LogP contribution in [0.5, 0.6) is 11.5 Å². The number of hydrogen-bond acceptors (Lipinski definition) is 8. The van der Waals surface area contributed by atoms with Crippen LogP contribution in [0, 0.1) is 0 Å². The number of H-pyrrole nitrogens is 1. The van der Waals surface area contributed by atoms with Gasteiger partial charge in [0.1, 0.15) is 6.04 Å². The number of likely N-dealkylation sites (tertiary alicyclic amines) is 1. The highest BCUT2D eigenvalue weighted by Gasteiger charge is 2.34. The summed E-state index contributed by atoms with van der Waals surface area (Å²) in [5.41, 5.74) is 1.07. The van der Waals surface area contributed by atoms with Gasteiger partial charge in [0.2, 0.25) is 0 Å². The number of aliphatic hydroxyl groups is 1. The van der Waals surface area contributed by atoms with Crippen LogP contribution in [0.1, 0.15) is 62.0 Å². The highest BCUT2D eigenvalue weighted by atomic mass is 16.5. The average Bonchev–Trinajstić information content (AvgIpc) is 3.52. The molecular formula is C23H30N6O4. The van der Waals surface area contributed by atoms with Crippen molar-refractivity contribution in [3.63, 3.8) is 0 Å².